The molecule has 0 aliphatic rings. The van der Waals surface area contributed by atoms with Crippen LogP contribution in [0.25, 0.3) is 0 Å². The third-order valence-corrected chi connectivity index (χ3v) is 0.777. The summed E-state index contributed by atoms with van der Waals surface area (Å²) < 4.78 is 0.249. The van der Waals surface area contributed by atoms with E-state index in [2.05, 4.69) is 9.99 Å². The summed E-state index contributed by atoms with van der Waals surface area (Å²) >= 11 is 5.36. The average molecular weight is 451 g/mol. The second-order valence-corrected chi connectivity index (χ2v) is 5.65. The fourth-order valence-electron chi connectivity index (χ4n) is 0.0704. The highest BCUT2D eigenvalue weighted by atomic mass is 127. The maximum Gasteiger partial charge on any atom is 0.393 e. The fraction of sp³-hybridized carbons (Fsp3) is 0. The molecule has 0 atom stereocenters. The Hall–Kier alpha value is 1.33. The fourth-order valence-corrected chi connectivity index (χ4v) is 0.366. The van der Waals surface area contributed by atoms with Gasteiger partial charge in [-0.15, -0.1) is 0 Å². The van der Waals surface area contributed by atoms with Crippen LogP contribution in [0, 0.1) is 0 Å². The molecule has 0 radical (unpaired) electrons. The average Bonchev–Trinajstić information content (AvgIpc) is 1.61. The molecular weight excluding hydrogens is 451 g/mol. The van der Waals surface area contributed by atoms with Crippen molar-refractivity contribution in [1.82, 2.24) is 0 Å². The van der Waals surface area contributed by atoms with Crippen molar-refractivity contribution >= 4 is 73.5 Å². The van der Waals surface area contributed by atoms with Crippen LogP contribution >= 0.6 is 67.8 Å². The number of carbonyl (C=O) groups excluding carboxylic acids is 1. The summed E-state index contributed by atoms with van der Waals surface area (Å²) in [7, 11) is 0. The molecule has 0 aromatic rings. The van der Waals surface area contributed by atoms with Crippen LogP contribution in [0.2, 0.25) is 0 Å². The number of halogens is 3. The predicted octanol–water partition coefficient (Wildman–Crippen LogP) is 2.70. The smallest absolute Gasteiger partial charge is 0.306 e. The predicted molar refractivity (Wildman–Crippen MR) is 56.0 cm³/mol. The Labute approximate surface area is 87.0 Å². The molecule has 0 aliphatic carbocycles. The molecule has 46 valence electrons. The first kappa shape index (κ1) is 9.33. The number of oxime groups is 1. The normalized spacial score (nSPS) is 7.88. The van der Waals surface area contributed by atoms with Crippen molar-refractivity contribution in [3.63, 3.8) is 0 Å². The highest BCUT2D eigenvalue weighted by Gasteiger charge is 1.90. The zero-order valence-electron chi connectivity index (χ0n) is 3.40. The maximum absolute atomic E-state index is 10.00. The van der Waals surface area contributed by atoms with Crippen LogP contribution in [0.3, 0.4) is 0 Å². The summed E-state index contributed by atoms with van der Waals surface area (Å²) in [6.45, 7) is 0. The van der Waals surface area contributed by atoms with Crippen molar-refractivity contribution in [2.24, 2.45) is 5.16 Å². The molecular formula is C2I3NO2. The number of hydrogen-bond acceptors (Lipinski definition) is 3. The van der Waals surface area contributed by atoms with Gasteiger partial charge in [-0.25, -0.2) is 4.79 Å². The Morgan fingerprint density at radius 1 is 1.38 bits per heavy atom. The van der Waals surface area contributed by atoms with E-state index < -0.39 is 3.98 Å². The Bertz CT molecular complexity index is 118. The van der Waals surface area contributed by atoms with Crippen molar-refractivity contribution in [2.75, 3.05) is 0 Å². The summed E-state index contributed by atoms with van der Waals surface area (Å²) in [5, 5.41) is 3.36. The first-order valence-electron chi connectivity index (χ1n) is 1.38. The lowest BCUT2D eigenvalue weighted by molar-refractivity contribution is 0.185. The van der Waals surface area contributed by atoms with Gasteiger partial charge >= 0.3 is 3.98 Å². The Kier molecular flexibility index (Phi) is 6.00. The van der Waals surface area contributed by atoms with Gasteiger partial charge in [0.05, 0.1) is 22.6 Å². The van der Waals surface area contributed by atoms with Crippen LogP contribution in [0.1, 0.15) is 0 Å². The molecule has 0 fully saturated rings. The first-order chi connectivity index (χ1) is 3.63. The second kappa shape index (κ2) is 5.14. The second-order valence-electron chi connectivity index (χ2n) is 0.661. The molecule has 0 aromatic carbocycles. The van der Waals surface area contributed by atoms with Gasteiger partial charge in [0.2, 0.25) is 0 Å². The van der Waals surface area contributed by atoms with Gasteiger partial charge in [-0.05, 0) is 45.2 Å². The largest absolute Gasteiger partial charge is 0.393 e. The highest BCUT2D eigenvalue weighted by molar-refractivity contribution is 14.2. The van der Waals surface area contributed by atoms with Gasteiger partial charge in [0.15, 0.2) is 1.73 Å². The molecule has 0 amide bonds. The Balaban J connectivity index is 3.45. The van der Waals surface area contributed by atoms with E-state index in [9.17, 15) is 4.79 Å². The molecule has 0 aromatic heterocycles. The van der Waals surface area contributed by atoms with Crippen LogP contribution in [-0.4, -0.2) is 5.70 Å². The summed E-state index contributed by atoms with van der Waals surface area (Å²) in [4.78, 5) is 14.2. The molecule has 0 N–H and O–H groups in total. The molecule has 8 heavy (non-hydrogen) atoms. The summed E-state index contributed by atoms with van der Waals surface area (Å²) in [5.74, 6) is 0. The number of rotatable bonds is 1. The van der Waals surface area contributed by atoms with Gasteiger partial charge in [0.25, 0.3) is 0 Å². The lowest BCUT2D eigenvalue weighted by Crippen LogP contribution is -1.82. The van der Waals surface area contributed by atoms with Crippen molar-refractivity contribution in [2.45, 2.75) is 0 Å². The number of hydrogen-bond donors (Lipinski definition) is 0. The van der Waals surface area contributed by atoms with E-state index in [1.807, 2.05) is 45.2 Å². The summed E-state index contributed by atoms with van der Waals surface area (Å²) in [6, 6.07) is 0. The first-order valence-corrected chi connectivity index (χ1v) is 4.62. The third-order valence-electron chi connectivity index (χ3n) is 0.186. The van der Waals surface area contributed by atoms with E-state index in [-0.39, 0.29) is 0 Å². The van der Waals surface area contributed by atoms with Gasteiger partial charge < -0.3 is 4.84 Å². The molecule has 3 nitrogen and oxygen atoms in total. The van der Waals surface area contributed by atoms with Gasteiger partial charge in [-0.2, -0.15) is 0 Å². The maximum atomic E-state index is 10.00. The molecule has 0 spiro atoms. The molecule has 6 heteroatoms. The van der Waals surface area contributed by atoms with Gasteiger partial charge in [-0.3, -0.25) is 0 Å². The third kappa shape index (κ3) is 7.33. The standard InChI is InChI=1S/C2I3NO2/c3-1(4)6-8-2(5)7. The van der Waals surface area contributed by atoms with E-state index in [0.29, 0.717) is 1.73 Å². The number of carbonyl (C=O) groups is 1. The quantitative estimate of drug-likeness (QED) is 0.203. The van der Waals surface area contributed by atoms with Crippen LogP contribution in [0.15, 0.2) is 5.16 Å². The number of nitrogens with zero attached hydrogens (tertiary/aromatic N) is 1. The summed E-state index contributed by atoms with van der Waals surface area (Å²) in [6.07, 6.45) is 0. The van der Waals surface area contributed by atoms with E-state index in [4.69, 9.17) is 0 Å². The molecule has 0 rings (SSSR count). The Morgan fingerprint density at radius 3 is 2.00 bits per heavy atom. The summed E-state index contributed by atoms with van der Waals surface area (Å²) in [5.41, 5.74) is 0. The van der Waals surface area contributed by atoms with Crippen LogP contribution in [0.5, 0.6) is 0 Å². The van der Waals surface area contributed by atoms with Gasteiger partial charge in [-0.1, -0.05) is 5.16 Å². The van der Waals surface area contributed by atoms with Gasteiger partial charge in [0, 0.05) is 0 Å². The van der Waals surface area contributed by atoms with Gasteiger partial charge in [0.1, 0.15) is 0 Å². The lowest BCUT2D eigenvalue weighted by Gasteiger charge is -1.84. The van der Waals surface area contributed by atoms with E-state index in [1.165, 1.54) is 22.6 Å². The van der Waals surface area contributed by atoms with E-state index in [0.717, 1.165) is 0 Å². The topological polar surface area (TPSA) is 38.7 Å². The van der Waals surface area contributed by atoms with Crippen molar-refractivity contribution in [3.05, 3.63) is 0 Å². The molecule has 0 saturated heterocycles. The zero-order chi connectivity index (χ0) is 6.57. The van der Waals surface area contributed by atoms with E-state index >= 15 is 0 Å². The molecule has 0 unspecified atom stereocenters. The zero-order valence-corrected chi connectivity index (χ0v) is 9.87. The van der Waals surface area contributed by atoms with Crippen molar-refractivity contribution < 1.29 is 9.63 Å². The van der Waals surface area contributed by atoms with Crippen molar-refractivity contribution in [3.8, 4) is 0 Å². The molecule has 0 aliphatic heterocycles. The minimum Gasteiger partial charge on any atom is -0.306 e. The SMILES string of the molecule is O=C(I)ON=C(I)I. The monoisotopic (exact) mass is 451 g/mol. The molecule has 0 bridgehead atoms. The lowest BCUT2D eigenvalue weighted by atomic mass is 11.6. The minimum absolute atomic E-state index is 0.423. The van der Waals surface area contributed by atoms with Crippen molar-refractivity contribution in [1.29, 1.82) is 0 Å². The molecule has 0 saturated carbocycles. The minimum atomic E-state index is -0.423. The Morgan fingerprint density at radius 2 is 1.88 bits per heavy atom. The van der Waals surface area contributed by atoms with Crippen LogP contribution in [-0.2, 0) is 4.84 Å². The molecule has 0 heterocycles. The van der Waals surface area contributed by atoms with E-state index in [1.54, 1.807) is 0 Å². The van der Waals surface area contributed by atoms with Crippen LogP contribution in [0.4, 0.5) is 4.79 Å². The van der Waals surface area contributed by atoms with Crippen LogP contribution < -0.4 is 0 Å². The highest BCUT2D eigenvalue weighted by Crippen LogP contribution is 2.02.